The summed E-state index contributed by atoms with van der Waals surface area (Å²) >= 11 is 6.46. The fourth-order valence-electron chi connectivity index (χ4n) is 4.78. The monoisotopic (exact) mass is 589 g/mol. The number of amides is 3. The summed E-state index contributed by atoms with van der Waals surface area (Å²) in [7, 11) is 0. The minimum Gasteiger partial charge on any atom is -0.444 e. The van der Waals surface area contributed by atoms with Crippen molar-refractivity contribution in [2.24, 2.45) is 0 Å². The van der Waals surface area contributed by atoms with Gasteiger partial charge in [0.2, 0.25) is 5.91 Å². The standard InChI is InChI=1S/C34H40ClN3O4/c1-8-17-38(32(40)28(21-25-14-10-9-11-15-25)36-33(41)42-34(5,6)7)30(26-19-22(2)18-23(3)20-26)31(39)37-29-24(4)13-12-16-27(29)35/h8-16,18-20,28,30H,1,17,21H2,2-7H3,(H,36,41)(H,37,39). The van der Waals surface area contributed by atoms with Crippen molar-refractivity contribution < 1.29 is 19.1 Å². The van der Waals surface area contributed by atoms with Gasteiger partial charge in [-0.3, -0.25) is 9.59 Å². The van der Waals surface area contributed by atoms with E-state index in [1.54, 1.807) is 39.0 Å². The highest BCUT2D eigenvalue weighted by molar-refractivity contribution is 6.34. The van der Waals surface area contributed by atoms with E-state index in [-0.39, 0.29) is 13.0 Å². The van der Waals surface area contributed by atoms with Gasteiger partial charge >= 0.3 is 6.09 Å². The zero-order valence-electron chi connectivity index (χ0n) is 25.2. The molecule has 0 fully saturated rings. The van der Waals surface area contributed by atoms with Crippen LogP contribution in [0.15, 0.2) is 79.4 Å². The minimum absolute atomic E-state index is 0.0483. The maximum absolute atomic E-state index is 14.4. The topological polar surface area (TPSA) is 87.7 Å². The number of carbonyl (C=O) groups is 3. The Hall–Kier alpha value is -4.10. The normalized spacial score (nSPS) is 12.5. The van der Waals surface area contributed by atoms with Gasteiger partial charge in [0.15, 0.2) is 0 Å². The summed E-state index contributed by atoms with van der Waals surface area (Å²) in [6, 6.07) is 18.4. The Bertz CT molecular complexity index is 1390. The van der Waals surface area contributed by atoms with Gasteiger partial charge in [-0.15, -0.1) is 6.58 Å². The Morgan fingerprint density at radius 2 is 1.62 bits per heavy atom. The van der Waals surface area contributed by atoms with Crippen LogP contribution >= 0.6 is 11.6 Å². The Morgan fingerprint density at radius 1 is 0.976 bits per heavy atom. The molecule has 0 aromatic heterocycles. The van der Waals surface area contributed by atoms with Crippen LogP contribution in [0.2, 0.25) is 5.02 Å². The van der Waals surface area contributed by atoms with Crippen LogP contribution in [0.5, 0.6) is 0 Å². The van der Waals surface area contributed by atoms with Crippen molar-refractivity contribution in [1.29, 1.82) is 0 Å². The fraction of sp³-hybridized carbons (Fsp3) is 0.324. The van der Waals surface area contributed by atoms with Gasteiger partial charge in [0, 0.05) is 13.0 Å². The van der Waals surface area contributed by atoms with E-state index >= 15 is 0 Å². The maximum atomic E-state index is 14.4. The SMILES string of the molecule is C=CCN(C(=O)C(Cc1ccccc1)NC(=O)OC(C)(C)C)C(C(=O)Nc1c(C)cccc1Cl)c1cc(C)cc(C)c1. The molecular weight excluding hydrogens is 550 g/mol. The smallest absolute Gasteiger partial charge is 0.408 e. The highest BCUT2D eigenvalue weighted by Gasteiger charge is 2.36. The Balaban J connectivity index is 2.10. The number of hydrogen-bond acceptors (Lipinski definition) is 4. The van der Waals surface area contributed by atoms with E-state index in [0.717, 1.165) is 22.3 Å². The summed E-state index contributed by atoms with van der Waals surface area (Å²) in [6.45, 7) is 14.9. The lowest BCUT2D eigenvalue weighted by atomic mass is 9.97. The molecule has 3 amide bonds. The van der Waals surface area contributed by atoms with E-state index in [0.29, 0.717) is 16.3 Å². The third-order valence-electron chi connectivity index (χ3n) is 6.47. The second kappa shape index (κ2) is 14.2. The van der Waals surface area contributed by atoms with Crippen LogP contribution in [0.1, 0.15) is 54.6 Å². The van der Waals surface area contributed by atoms with Crippen molar-refractivity contribution in [2.45, 2.75) is 65.6 Å². The van der Waals surface area contributed by atoms with Crippen molar-refractivity contribution in [2.75, 3.05) is 11.9 Å². The average Bonchev–Trinajstić information content (AvgIpc) is 2.89. The summed E-state index contributed by atoms with van der Waals surface area (Å²) in [6.07, 6.45) is 1.03. The average molecular weight is 590 g/mol. The number of alkyl carbamates (subject to hydrolysis) is 1. The predicted molar refractivity (Wildman–Crippen MR) is 169 cm³/mol. The third-order valence-corrected chi connectivity index (χ3v) is 6.79. The highest BCUT2D eigenvalue weighted by Crippen LogP contribution is 2.30. The second-order valence-electron chi connectivity index (χ2n) is 11.4. The number of carbonyl (C=O) groups excluding carboxylic acids is 3. The number of rotatable bonds is 10. The molecule has 8 heteroatoms. The number of nitrogens with one attached hydrogen (secondary N) is 2. The van der Waals surface area contributed by atoms with E-state index in [9.17, 15) is 14.4 Å². The number of anilines is 1. The van der Waals surface area contributed by atoms with Crippen LogP contribution in [0.4, 0.5) is 10.5 Å². The largest absolute Gasteiger partial charge is 0.444 e. The Morgan fingerprint density at radius 3 is 2.19 bits per heavy atom. The minimum atomic E-state index is -1.05. The molecule has 222 valence electrons. The summed E-state index contributed by atoms with van der Waals surface area (Å²) in [5.74, 6) is -0.901. The summed E-state index contributed by atoms with van der Waals surface area (Å²) in [5, 5.41) is 6.10. The maximum Gasteiger partial charge on any atom is 0.408 e. The molecule has 3 aromatic rings. The molecule has 42 heavy (non-hydrogen) atoms. The predicted octanol–water partition coefficient (Wildman–Crippen LogP) is 7.10. The fourth-order valence-corrected chi connectivity index (χ4v) is 5.05. The molecule has 2 unspecified atom stereocenters. The molecule has 0 aliphatic carbocycles. The molecule has 0 aliphatic heterocycles. The first kappa shape index (κ1) is 32.4. The van der Waals surface area contributed by atoms with Gasteiger partial charge in [0.25, 0.3) is 5.91 Å². The van der Waals surface area contributed by atoms with E-state index in [1.807, 2.05) is 75.4 Å². The van der Waals surface area contributed by atoms with Crippen LogP contribution < -0.4 is 10.6 Å². The van der Waals surface area contributed by atoms with Gasteiger partial charge in [-0.2, -0.15) is 0 Å². The van der Waals surface area contributed by atoms with E-state index in [1.165, 1.54) is 4.90 Å². The van der Waals surface area contributed by atoms with Gasteiger partial charge in [0.05, 0.1) is 10.7 Å². The Kier molecular flexibility index (Phi) is 10.9. The lowest BCUT2D eigenvalue weighted by molar-refractivity contribution is -0.140. The first-order valence-electron chi connectivity index (χ1n) is 13.9. The van der Waals surface area contributed by atoms with Crippen LogP contribution in [0.3, 0.4) is 0 Å². The van der Waals surface area contributed by atoms with Crippen LogP contribution in [0.25, 0.3) is 0 Å². The van der Waals surface area contributed by atoms with E-state index in [4.69, 9.17) is 16.3 Å². The molecule has 0 heterocycles. The van der Waals surface area contributed by atoms with Gasteiger partial charge < -0.3 is 20.3 Å². The molecule has 7 nitrogen and oxygen atoms in total. The first-order valence-corrected chi connectivity index (χ1v) is 14.3. The van der Waals surface area contributed by atoms with Crippen molar-refractivity contribution in [3.8, 4) is 0 Å². The van der Waals surface area contributed by atoms with Gasteiger partial charge in [-0.25, -0.2) is 4.79 Å². The molecule has 3 aromatic carbocycles. The van der Waals surface area contributed by atoms with Crippen molar-refractivity contribution >= 4 is 35.2 Å². The molecule has 3 rings (SSSR count). The quantitative estimate of drug-likeness (QED) is 0.247. The van der Waals surface area contributed by atoms with E-state index in [2.05, 4.69) is 17.2 Å². The molecule has 2 atom stereocenters. The highest BCUT2D eigenvalue weighted by atomic mass is 35.5. The van der Waals surface area contributed by atoms with Crippen LogP contribution in [-0.4, -0.2) is 41.0 Å². The molecule has 0 aliphatic rings. The number of benzene rings is 3. The zero-order chi connectivity index (χ0) is 31.0. The molecule has 0 saturated carbocycles. The van der Waals surface area contributed by atoms with Crippen molar-refractivity contribution in [1.82, 2.24) is 10.2 Å². The molecule has 0 radical (unpaired) electrons. The first-order chi connectivity index (χ1) is 19.8. The number of para-hydroxylation sites is 1. The van der Waals surface area contributed by atoms with Crippen LogP contribution in [-0.2, 0) is 20.7 Å². The lowest BCUT2D eigenvalue weighted by Crippen LogP contribution is -2.53. The molecule has 2 N–H and O–H groups in total. The number of ether oxygens (including phenoxy) is 1. The van der Waals surface area contributed by atoms with Crippen LogP contribution in [0, 0.1) is 20.8 Å². The van der Waals surface area contributed by atoms with Gasteiger partial charge in [-0.05, 0) is 64.3 Å². The molecule has 0 bridgehead atoms. The lowest BCUT2D eigenvalue weighted by Gasteiger charge is -2.34. The number of hydrogen-bond donors (Lipinski definition) is 2. The Labute approximate surface area is 253 Å². The van der Waals surface area contributed by atoms with Crippen molar-refractivity contribution in [3.05, 3.63) is 112 Å². The number of aryl methyl sites for hydroxylation is 3. The molecule has 0 spiro atoms. The summed E-state index contributed by atoms with van der Waals surface area (Å²) in [4.78, 5) is 42.9. The molecule has 0 saturated heterocycles. The second-order valence-corrected chi connectivity index (χ2v) is 11.8. The third kappa shape index (κ3) is 8.95. The number of nitrogens with zero attached hydrogens (tertiary/aromatic N) is 1. The van der Waals surface area contributed by atoms with E-state index < -0.39 is 35.6 Å². The number of halogens is 1. The summed E-state index contributed by atoms with van der Waals surface area (Å²) < 4.78 is 5.49. The summed E-state index contributed by atoms with van der Waals surface area (Å²) in [5.41, 5.74) is 3.83. The van der Waals surface area contributed by atoms with Gasteiger partial charge in [0.1, 0.15) is 17.7 Å². The molecular formula is C34H40ClN3O4. The van der Waals surface area contributed by atoms with Gasteiger partial charge in [-0.1, -0.05) is 89.5 Å². The van der Waals surface area contributed by atoms with Crippen molar-refractivity contribution in [3.63, 3.8) is 0 Å². The zero-order valence-corrected chi connectivity index (χ0v) is 25.9.